The summed E-state index contributed by atoms with van der Waals surface area (Å²) >= 11 is 0. The third-order valence-corrected chi connectivity index (χ3v) is 7.37. The molecule has 4 aliphatic rings. The molecule has 1 aromatic rings. The Kier molecular flexibility index (Phi) is 6.64. The van der Waals surface area contributed by atoms with Crippen LogP contribution in [0.3, 0.4) is 0 Å². The Labute approximate surface area is 180 Å². The van der Waals surface area contributed by atoms with E-state index in [0.29, 0.717) is 39.0 Å². The van der Waals surface area contributed by atoms with Gasteiger partial charge in [-0.2, -0.15) is 0 Å². The molecule has 5 nitrogen and oxygen atoms in total. The van der Waals surface area contributed by atoms with Crippen molar-refractivity contribution in [3.63, 3.8) is 0 Å². The zero-order chi connectivity index (χ0) is 21.0. The average molecular weight is 413 g/mol. The normalized spacial score (nSPS) is 28.9. The van der Waals surface area contributed by atoms with Crippen LogP contribution in [0.2, 0.25) is 0 Å². The summed E-state index contributed by atoms with van der Waals surface area (Å²) in [4.78, 5) is 24.5. The molecule has 164 valence electrons. The third-order valence-electron chi connectivity index (χ3n) is 7.37. The molecule has 0 spiro atoms. The van der Waals surface area contributed by atoms with Crippen molar-refractivity contribution >= 4 is 11.8 Å². The molecule has 0 heterocycles. The van der Waals surface area contributed by atoms with Crippen molar-refractivity contribution in [1.82, 2.24) is 10.6 Å². The number of carbonyl (C=O) groups excluding carboxylic acids is 2. The van der Waals surface area contributed by atoms with Crippen molar-refractivity contribution in [2.75, 3.05) is 19.7 Å². The van der Waals surface area contributed by atoms with E-state index in [1.165, 1.54) is 38.5 Å². The number of carbonyl (C=O) groups is 2. The smallest absolute Gasteiger partial charge is 0.220 e. The summed E-state index contributed by atoms with van der Waals surface area (Å²) in [6.45, 7) is 3.54. The molecule has 2 N–H and O–H groups in total. The standard InChI is InChI=1S/C25H36N2O3/c1-18-5-2-3-6-22(18)30-10-4-7-23(28)26-8-9-27-24(29)17-25-14-19-11-20(15-25)13-21(12-19)16-25/h2-3,5-6,19-21H,4,7-17H2,1H3,(H,26,28)(H,27,29). The summed E-state index contributed by atoms with van der Waals surface area (Å²) in [5.41, 5.74) is 1.38. The second-order valence-electron chi connectivity index (χ2n) is 10.0. The van der Waals surface area contributed by atoms with Gasteiger partial charge >= 0.3 is 0 Å². The van der Waals surface area contributed by atoms with Crippen molar-refractivity contribution in [3.05, 3.63) is 29.8 Å². The van der Waals surface area contributed by atoms with Gasteiger partial charge in [-0.15, -0.1) is 0 Å². The molecule has 0 radical (unpaired) electrons. The molecule has 5 rings (SSSR count). The molecular formula is C25H36N2O3. The first kappa shape index (κ1) is 21.2. The molecule has 5 heteroatoms. The number of ether oxygens (including phenoxy) is 1. The van der Waals surface area contributed by atoms with Crippen molar-refractivity contribution in [2.24, 2.45) is 23.2 Å². The first-order chi connectivity index (χ1) is 14.5. The third kappa shape index (κ3) is 5.35. The summed E-state index contributed by atoms with van der Waals surface area (Å²) in [7, 11) is 0. The molecule has 0 aliphatic heterocycles. The van der Waals surface area contributed by atoms with E-state index in [1.54, 1.807) is 0 Å². The molecule has 0 unspecified atom stereocenters. The van der Waals surface area contributed by atoms with Crippen molar-refractivity contribution in [2.45, 2.75) is 64.7 Å². The van der Waals surface area contributed by atoms with Gasteiger partial charge in [-0.1, -0.05) is 18.2 Å². The molecule has 4 bridgehead atoms. The number of rotatable bonds is 10. The van der Waals surface area contributed by atoms with Crippen LogP contribution in [0.5, 0.6) is 5.75 Å². The van der Waals surface area contributed by atoms with Gasteiger partial charge in [0.1, 0.15) is 5.75 Å². The summed E-state index contributed by atoms with van der Waals surface area (Å²) in [6.07, 6.45) is 9.79. The lowest BCUT2D eigenvalue weighted by atomic mass is 9.49. The zero-order valence-electron chi connectivity index (χ0n) is 18.3. The number of hydrogen-bond donors (Lipinski definition) is 2. The lowest BCUT2D eigenvalue weighted by Crippen LogP contribution is -2.48. The fourth-order valence-electron chi connectivity index (χ4n) is 6.54. The van der Waals surface area contributed by atoms with E-state index in [2.05, 4.69) is 10.6 Å². The van der Waals surface area contributed by atoms with Gasteiger partial charge in [0.05, 0.1) is 6.61 Å². The summed E-state index contributed by atoms with van der Waals surface area (Å²) in [6, 6.07) is 7.89. The molecule has 4 aliphatic carbocycles. The molecule has 1 aromatic carbocycles. The Hall–Kier alpha value is -2.04. The maximum absolute atomic E-state index is 12.5. The highest BCUT2D eigenvalue weighted by molar-refractivity contribution is 5.77. The maximum atomic E-state index is 12.5. The van der Waals surface area contributed by atoms with Crippen LogP contribution in [0, 0.1) is 30.1 Å². The van der Waals surface area contributed by atoms with Gasteiger partial charge in [0.15, 0.2) is 0 Å². The zero-order valence-corrected chi connectivity index (χ0v) is 18.3. The van der Waals surface area contributed by atoms with Gasteiger partial charge in [-0.05, 0) is 86.7 Å². The number of amides is 2. The SMILES string of the molecule is Cc1ccccc1OCCCC(=O)NCCNC(=O)CC12CC3CC(CC(C3)C1)C2. The van der Waals surface area contributed by atoms with E-state index >= 15 is 0 Å². The highest BCUT2D eigenvalue weighted by Crippen LogP contribution is 2.61. The van der Waals surface area contributed by atoms with E-state index in [9.17, 15) is 9.59 Å². The molecule has 4 saturated carbocycles. The van der Waals surface area contributed by atoms with Gasteiger partial charge in [0.2, 0.25) is 11.8 Å². The summed E-state index contributed by atoms with van der Waals surface area (Å²) in [5, 5.41) is 5.93. The van der Waals surface area contributed by atoms with Crippen LogP contribution < -0.4 is 15.4 Å². The lowest BCUT2D eigenvalue weighted by Gasteiger charge is -2.56. The van der Waals surface area contributed by atoms with Gasteiger partial charge < -0.3 is 15.4 Å². The predicted molar refractivity (Wildman–Crippen MR) is 117 cm³/mol. The topological polar surface area (TPSA) is 67.4 Å². The summed E-state index contributed by atoms with van der Waals surface area (Å²) in [5.74, 6) is 3.67. The summed E-state index contributed by atoms with van der Waals surface area (Å²) < 4.78 is 5.72. The predicted octanol–water partition coefficient (Wildman–Crippen LogP) is 3.99. The van der Waals surface area contributed by atoms with Crippen LogP contribution >= 0.6 is 0 Å². The Morgan fingerprint density at radius 2 is 1.57 bits per heavy atom. The van der Waals surface area contributed by atoms with Gasteiger partial charge in [0.25, 0.3) is 0 Å². The van der Waals surface area contributed by atoms with Gasteiger partial charge in [-0.25, -0.2) is 0 Å². The molecular weight excluding hydrogens is 376 g/mol. The molecule has 0 aromatic heterocycles. The first-order valence-corrected chi connectivity index (χ1v) is 11.7. The van der Waals surface area contributed by atoms with E-state index < -0.39 is 0 Å². The molecule has 30 heavy (non-hydrogen) atoms. The quantitative estimate of drug-likeness (QED) is 0.571. The van der Waals surface area contributed by atoms with Crippen LogP contribution in [-0.4, -0.2) is 31.5 Å². The van der Waals surface area contributed by atoms with Gasteiger partial charge in [0, 0.05) is 25.9 Å². The fourth-order valence-corrected chi connectivity index (χ4v) is 6.54. The molecule has 2 amide bonds. The largest absolute Gasteiger partial charge is 0.493 e. The lowest BCUT2D eigenvalue weighted by molar-refractivity contribution is -0.129. The van der Waals surface area contributed by atoms with Crippen LogP contribution in [0.15, 0.2) is 24.3 Å². The van der Waals surface area contributed by atoms with Crippen LogP contribution in [-0.2, 0) is 9.59 Å². The van der Waals surface area contributed by atoms with Crippen LogP contribution in [0.4, 0.5) is 0 Å². The van der Waals surface area contributed by atoms with Crippen LogP contribution in [0.1, 0.15) is 63.4 Å². The number of hydrogen-bond acceptors (Lipinski definition) is 3. The second-order valence-corrected chi connectivity index (χ2v) is 10.0. The molecule has 0 saturated heterocycles. The Balaban J connectivity index is 1.07. The molecule has 4 fully saturated rings. The number of para-hydroxylation sites is 1. The van der Waals surface area contributed by atoms with E-state index in [0.717, 1.165) is 29.1 Å². The Morgan fingerprint density at radius 3 is 2.20 bits per heavy atom. The Morgan fingerprint density at radius 1 is 0.967 bits per heavy atom. The number of nitrogens with one attached hydrogen (secondary N) is 2. The number of aryl methyl sites for hydroxylation is 1. The van der Waals surface area contributed by atoms with E-state index in [-0.39, 0.29) is 17.2 Å². The van der Waals surface area contributed by atoms with Crippen molar-refractivity contribution < 1.29 is 14.3 Å². The van der Waals surface area contributed by atoms with Gasteiger partial charge in [-0.3, -0.25) is 9.59 Å². The Bertz CT molecular complexity index is 725. The highest BCUT2D eigenvalue weighted by atomic mass is 16.5. The maximum Gasteiger partial charge on any atom is 0.220 e. The number of benzene rings is 1. The fraction of sp³-hybridized carbons (Fsp3) is 0.680. The minimum atomic E-state index is 0.0127. The van der Waals surface area contributed by atoms with Crippen molar-refractivity contribution in [3.8, 4) is 5.75 Å². The monoisotopic (exact) mass is 412 g/mol. The minimum Gasteiger partial charge on any atom is -0.493 e. The van der Waals surface area contributed by atoms with E-state index in [1.807, 2.05) is 31.2 Å². The minimum absolute atomic E-state index is 0.0127. The van der Waals surface area contributed by atoms with Crippen LogP contribution in [0.25, 0.3) is 0 Å². The molecule has 0 atom stereocenters. The highest BCUT2D eigenvalue weighted by Gasteiger charge is 2.51. The van der Waals surface area contributed by atoms with E-state index in [4.69, 9.17) is 4.74 Å². The second kappa shape index (κ2) is 9.40. The van der Waals surface area contributed by atoms with Crippen molar-refractivity contribution in [1.29, 1.82) is 0 Å². The average Bonchev–Trinajstić information content (AvgIpc) is 2.68. The first-order valence-electron chi connectivity index (χ1n) is 11.7.